The van der Waals surface area contributed by atoms with Crippen LogP contribution in [0.15, 0.2) is 24.3 Å². The van der Waals surface area contributed by atoms with Crippen LogP contribution in [0.4, 0.5) is 0 Å². The van der Waals surface area contributed by atoms with Gasteiger partial charge in [-0.1, -0.05) is 38.2 Å². The molecule has 4 heteroatoms. The minimum atomic E-state index is -0.0339. The standard InChI is InChI=1S/C20H32O4/c1-3-18(10-21-11-18)14-23-16-20(8-6-5-7-9-20)17-24-15-19(4-2)12-22-13-19/h5-8H,3-4,9-17H2,1-2H3. The van der Waals surface area contributed by atoms with E-state index in [-0.39, 0.29) is 16.2 Å². The summed E-state index contributed by atoms with van der Waals surface area (Å²) in [5.41, 5.74) is 0.450. The third-order valence-corrected chi connectivity index (χ3v) is 5.95. The van der Waals surface area contributed by atoms with Gasteiger partial charge in [-0.3, -0.25) is 0 Å². The van der Waals surface area contributed by atoms with E-state index < -0.39 is 0 Å². The molecule has 0 spiro atoms. The van der Waals surface area contributed by atoms with Gasteiger partial charge in [0, 0.05) is 16.2 Å². The van der Waals surface area contributed by atoms with E-state index in [2.05, 4.69) is 38.2 Å². The fraction of sp³-hybridized carbons (Fsp3) is 0.800. The van der Waals surface area contributed by atoms with Gasteiger partial charge < -0.3 is 18.9 Å². The second-order valence-electron chi connectivity index (χ2n) is 8.03. The lowest BCUT2D eigenvalue weighted by molar-refractivity contribution is -0.167. The molecule has 2 heterocycles. The molecule has 2 aliphatic heterocycles. The van der Waals surface area contributed by atoms with Crippen LogP contribution in [-0.2, 0) is 18.9 Å². The summed E-state index contributed by atoms with van der Waals surface area (Å²) in [5, 5.41) is 0. The maximum atomic E-state index is 6.15. The Morgan fingerprint density at radius 2 is 1.33 bits per heavy atom. The third-order valence-electron chi connectivity index (χ3n) is 5.95. The van der Waals surface area contributed by atoms with Gasteiger partial charge in [0.25, 0.3) is 0 Å². The molecule has 0 aromatic carbocycles. The molecule has 24 heavy (non-hydrogen) atoms. The van der Waals surface area contributed by atoms with Crippen molar-refractivity contribution in [3.8, 4) is 0 Å². The smallest absolute Gasteiger partial charge is 0.0582 e. The second kappa shape index (κ2) is 7.69. The summed E-state index contributed by atoms with van der Waals surface area (Å²) in [4.78, 5) is 0. The Labute approximate surface area is 146 Å². The van der Waals surface area contributed by atoms with E-state index in [0.717, 1.165) is 58.9 Å². The zero-order chi connectivity index (χ0) is 16.9. The van der Waals surface area contributed by atoms with Gasteiger partial charge in [-0.05, 0) is 19.3 Å². The van der Waals surface area contributed by atoms with Crippen molar-refractivity contribution >= 4 is 0 Å². The lowest BCUT2D eigenvalue weighted by Crippen LogP contribution is -2.47. The summed E-state index contributed by atoms with van der Waals surface area (Å²) in [6, 6.07) is 0. The molecule has 2 saturated heterocycles. The highest BCUT2D eigenvalue weighted by Crippen LogP contribution is 2.35. The van der Waals surface area contributed by atoms with Gasteiger partial charge in [0.2, 0.25) is 0 Å². The van der Waals surface area contributed by atoms with Crippen LogP contribution < -0.4 is 0 Å². The molecule has 0 atom stereocenters. The second-order valence-corrected chi connectivity index (χ2v) is 8.03. The summed E-state index contributed by atoms with van der Waals surface area (Å²) in [7, 11) is 0. The number of rotatable bonds is 10. The van der Waals surface area contributed by atoms with E-state index in [9.17, 15) is 0 Å². The summed E-state index contributed by atoms with van der Waals surface area (Å²) in [6.45, 7) is 10.8. The molecule has 0 aromatic rings. The molecule has 0 amide bonds. The molecule has 136 valence electrons. The predicted octanol–water partition coefficient (Wildman–Crippen LogP) is 3.38. The highest BCUT2D eigenvalue weighted by atomic mass is 16.5. The van der Waals surface area contributed by atoms with Gasteiger partial charge >= 0.3 is 0 Å². The van der Waals surface area contributed by atoms with Crippen LogP contribution in [0.2, 0.25) is 0 Å². The van der Waals surface area contributed by atoms with Crippen LogP contribution >= 0.6 is 0 Å². The first-order valence-corrected chi connectivity index (χ1v) is 9.31. The van der Waals surface area contributed by atoms with Crippen molar-refractivity contribution in [2.75, 3.05) is 52.9 Å². The first-order valence-electron chi connectivity index (χ1n) is 9.31. The number of hydrogen-bond donors (Lipinski definition) is 0. The van der Waals surface area contributed by atoms with Crippen LogP contribution in [0.5, 0.6) is 0 Å². The Balaban J connectivity index is 1.48. The van der Waals surface area contributed by atoms with Crippen molar-refractivity contribution in [3.63, 3.8) is 0 Å². The Morgan fingerprint density at radius 1 is 0.792 bits per heavy atom. The zero-order valence-electron chi connectivity index (χ0n) is 15.2. The van der Waals surface area contributed by atoms with Gasteiger partial charge in [0.15, 0.2) is 0 Å². The fourth-order valence-corrected chi connectivity index (χ4v) is 3.47. The number of ether oxygens (including phenoxy) is 4. The molecule has 0 saturated carbocycles. The average Bonchev–Trinajstić information content (AvgIpc) is 2.54. The molecule has 2 fully saturated rings. The van der Waals surface area contributed by atoms with E-state index in [0.29, 0.717) is 13.2 Å². The zero-order valence-corrected chi connectivity index (χ0v) is 15.2. The van der Waals surface area contributed by atoms with E-state index in [4.69, 9.17) is 18.9 Å². The molecule has 0 N–H and O–H groups in total. The van der Waals surface area contributed by atoms with Crippen LogP contribution in [0.1, 0.15) is 33.1 Å². The molecule has 0 radical (unpaired) electrons. The van der Waals surface area contributed by atoms with Gasteiger partial charge in [0.1, 0.15) is 0 Å². The van der Waals surface area contributed by atoms with Gasteiger partial charge in [-0.25, -0.2) is 0 Å². The average molecular weight is 336 g/mol. The maximum Gasteiger partial charge on any atom is 0.0582 e. The highest BCUT2D eigenvalue weighted by molar-refractivity contribution is 5.17. The van der Waals surface area contributed by atoms with Crippen molar-refractivity contribution in [1.29, 1.82) is 0 Å². The third kappa shape index (κ3) is 3.93. The normalized spacial score (nSPS) is 25.9. The van der Waals surface area contributed by atoms with Crippen molar-refractivity contribution in [1.82, 2.24) is 0 Å². The molecule has 3 rings (SSSR count). The van der Waals surface area contributed by atoms with Gasteiger partial charge in [-0.15, -0.1) is 0 Å². The van der Waals surface area contributed by atoms with E-state index in [1.165, 1.54) is 0 Å². The number of hydrogen-bond acceptors (Lipinski definition) is 4. The minimum Gasteiger partial charge on any atom is -0.380 e. The first kappa shape index (κ1) is 18.1. The summed E-state index contributed by atoms with van der Waals surface area (Å²) < 4.78 is 23.1. The largest absolute Gasteiger partial charge is 0.380 e. The van der Waals surface area contributed by atoms with E-state index in [1.807, 2.05) is 0 Å². The Morgan fingerprint density at radius 3 is 1.67 bits per heavy atom. The molecular weight excluding hydrogens is 304 g/mol. The van der Waals surface area contributed by atoms with E-state index >= 15 is 0 Å². The molecule has 0 unspecified atom stereocenters. The summed E-state index contributed by atoms with van der Waals surface area (Å²) in [6.07, 6.45) is 11.9. The van der Waals surface area contributed by atoms with Crippen molar-refractivity contribution < 1.29 is 18.9 Å². The topological polar surface area (TPSA) is 36.9 Å². The van der Waals surface area contributed by atoms with Gasteiger partial charge in [0.05, 0.1) is 52.9 Å². The number of allylic oxidation sites excluding steroid dienone is 3. The van der Waals surface area contributed by atoms with Crippen LogP contribution in [0.3, 0.4) is 0 Å². The molecule has 0 aromatic heterocycles. The summed E-state index contributed by atoms with van der Waals surface area (Å²) >= 11 is 0. The Hall–Kier alpha value is -0.680. The highest BCUT2D eigenvalue weighted by Gasteiger charge is 2.40. The van der Waals surface area contributed by atoms with Crippen molar-refractivity contribution in [3.05, 3.63) is 24.3 Å². The lowest BCUT2D eigenvalue weighted by atomic mass is 9.81. The first-order chi connectivity index (χ1) is 11.7. The predicted molar refractivity (Wildman–Crippen MR) is 94.1 cm³/mol. The summed E-state index contributed by atoms with van der Waals surface area (Å²) in [5.74, 6) is 0. The van der Waals surface area contributed by atoms with Crippen molar-refractivity contribution in [2.24, 2.45) is 16.2 Å². The fourth-order valence-electron chi connectivity index (χ4n) is 3.47. The van der Waals surface area contributed by atoms with Crippen molar-refractivity contribution in [2.45, 2.75) is 33.1 Å². The lowest BCUT2D eigenvalue weighted by Gasteiger charge is -2.42. The van der Waals surface area contributed by atoms with Gasteiger partial charge in [-0.2, -0.15) is 0 Å². The minimum absolute atomic E-state index is 0.0339. The monoisotopic (exact) mass is 336 g/mol. The van der Waals surface area contributed by atoms with Crippen LogP contribution in [0.25, 0.3) is 0 Å². The maximum absolute atomic E-state index is 6.15. The SMILES string of the molecule is CCC1(COCC2(COCC3(CC)COC3)C=CC=CC2)COC1. The van der Waals surface area contributed by atoms with E-state index in [1.54, 1.807) is 0 Å². The van der Waals surface area contributed by atoms with Crippen LogP contribution in [-0.4, -0.2) is 52.9 Å². The van der Waals surface area contributed by atoms with Crippen LogP contribution in [0, 0.1) is 16.2 Å². The molecular formula is C20H32O4. The Bertz CT molecular complexity index is 421. The molecule has 1 aliphatic carbocycles. The molecule has 0 bridgehead atoms. The quantitative estimate of drug-likeness (QED) is 0.613. The Kier molecular flexibility index (Phi) is 5.81. The molecule has 4 nitrogen and oxygen atoms in total. The molecule has 3 aliphatic rings.